The third-order valence-electron chi connectivity index (χ3n) is 5.62. The first kappa shape index (κ1) is 24.4. The van der Waals surface area contributed by atoms with Crippen molar-refractivity contribution < 1.29 is 20.1 Å². The molecule has 0 aromatic carbocycles. The van der Waals surface area contributed by atoms with Crippen LogP contribution in [0.2, 0.25) is 0 Å². The molecule has 4 nitrogen and oxygen atoms in total. The van der Waals surface area contributed by atoms with Gasteiger partial charge in [0.2, 0.25) is 0 Å². The van der Waals surface area contributed by atoms with E-state index in [0.717, 1.165) is 12.8 Å². The Hall–Kier alpha value is -0.650. The molecule has 1 saturated carbocycles. The zero-order valence-corrected chi connectivity index (χ0v) is 18.6. The number of allylic oxidation sites excluding steroid dienone is 4. The molecule has 0 unspecified atom stereocenters. The van der Waals surface area contributed by atoms with Gasteiger partial charge in [-0.1, -0.05) is 73.8 Å². The van der Waals surface area contributed by atoms with Crippen LogP contribution in [0.1, 0.15) is 78.6 Å². The molecule has 1 fully saturated rings. The van der Waals surface area contributed by atoms with E-state index in [1.165, 1.54) is 32.1 Å². The minimum absolute atomic E-state index is 0.194. The number of alkyl halides is 1. The van der Waals surface area contributed by atoms with Gasteiger partial charge in [-0.05, 0) is 55.8 Å². The van der Waals surface area contributed by atoms with E-state index < -0.39 is 11.8 Å². The molecule has 0 saturated heterocycles. The highest BCUT2D eigenvalue weighted by atomic mass is 79.9. The molecule has 0 amide bonds. The first-order chi connectivity index (χ1) is 12.6. The molecular weight excluding hydrogens is 408 g/mol. The second kappa shape index (κ2) is 11.4. The van der Waals surface area contributed by atoms with Crippen molar-refractivity contribution in [3.05, 3.63) is 24.3 Å². The lowest BCUT2D eigenvalue weighted by Gasteiger charge is -2.23. The first-order valence-electron chi connectivity index (χ1n) is 10.2. The third kappa shape index (κ3) is 8.93. The van der Waals surface area contributed by atoms with Crippen molar-refractivity contribution in [3.63, 3.8) is 0 Å². The molecule has 5 heteroatoms. The van der Waals surface area contributed by atoms with Crippen molar-refractivity contribution in [2.75, 3.05) is 0 Å². The van der Waals surface area contributed by atoms with Crippen LogP contribution in [0.4, 0.5) is 0 Å². The number of unbranched alkanes of at least 4 members (excludes halogenated alkanes) is 1. The van der Waals surface area contributed by atoms with Gasteiger partial charge in [-0.25, -0.2) is 4.79 Å². The Morgan fingerprint density at radius 3 is 2.48 bits per heavy atom. The maximum absolute atomic E-state index is 10.7. The van der Waals surface area contributed by atoms with Gasteiger partial charge in [0.25, 0.3) is 5.79 Å². The highest BCUT2D eigenvalue weighted by molar-refractivity contribution is 9.09. The summed E-state index contributed by atoms with van der Waals surface area (Å²) in [4.78, 5) is 11.2. The van der Waals surface area contributed by atoms with Crippen LogP contribution in [0.3, 0.4) is 0 Å². The number of hydrogen-bond acceptors (Lipinski definition) is 3. The molecule has 27 heavy (non-hydrogen) atoms. The van der Waals surface area contributed by atoms with E-state index in [1.807, 2.05) is 6.08 Å². The van der Waals surface area contributed by atoms with Gasteiger partial charge < -0.3 is 15.3 Å². The number of rotatable bonds is 12. The van der Waals surface area contributed by atoms with Crippen molar-refractivity contribution in [3.8, 4) is 0 Å². The van der Waals surface area contributed by atoms with Crippen LogP contribution < -0.4 is 0 Å². The molecule has 156 valence electrons. The van der Waals surface area contributed by atoms with Crippen LogP contribution in [-0.2, 0) is 4.79 Å². The van der Waals surface area contributed by atoms with E-state index in [2.05, 4.69) is 54.9 Å². The topological polar surface area (TPSA) is 77.8 Å². The van der Waals surface area contributed by atoms with Gasteiger partial charge in [0, 0.05) is 11.2 Å². The summed E-state index contributed by atoms with van der Waals surface area (Å²) in [5.41, 5.74) is 0.355. The van der Waals surface area contributed by atoms with E-state index in [-0.39, 0.29) is 6.42 Å². The standard InChI is InChI=1S/C22H37BrO4/c1-4-5-14-21(2,3)15-9-11-18-17(12-13-19(18)23)10-7-6-8-16-22(26,27)20(24)25/h6-7,9,11,17-19,26-27H,4-5,8,10,12-16H2,1-3H3,(H,24,25)/t17-,18+,19+/m0/s1. The lowest BCUT2D eigenvalue weighted by atomic mass is 9.83. The molecule has 0 heterocycles. The first-order valence-corrected chi connectivity index (χ1v) is 11.1. The number of carboxylic acid groups (broad SMARTS) is 1. The van der Waals surface area contributed by atoms with Gasteiger partial charge in [-0.15, -0.1) is 0 Å². The van der Waals surface area contributed by atoms with E-state index in [4.69, 9.17) is 5.11 Å². The van der Waals surface area contributed by atoms with Gasteiger partial charge in [0.1, 0.15) is 0 Å². The van der Waals surface area contributed by atoms with Gasteiger partial charge in [-0.3, -0.25) is 0 Å². The van der Waals surface area contributed by atoms with Crippen LogP contribution in [0, 0.1) is 17.3 Å². The van der Waals surface area contributed by atoms with Crippen molar-refractivity contribution >= 4 is 21.9 Å². The molecular formula is C22H37BrO4. The predicted octanol–water partition coefficient (Wildman–Crippen LogP) is 5.43. The summed E-state index contributed by atoms with van der Waals surface area (Å²) in [6, 6.07) is 0. The van der Waals surface area contributed by atoms with Gasteiger partial charge >= 0.3 is 5.97 Å². The molecule has 0 bridgehead atoms. The molecule has 0 radical (unpaired) electrons. The molecule has 0 aromatic rings. The molecule has 1 aliphatic rings. The zero-order valence-electron chi connectivity index (χ0n) is 17.0. The Labute approximate surface area is 172 Å². The quantitative estimate of drug-likeness (QED) is 0.213. The summed E-state index contributed by atoms with van der Waals surface area (Å²) in [5.74, 6) is -3.13. The lowest BCUT2D eigenvalue weighted by Crippen LogP contribution is -2.37. The predicted molar refractivity (Wildman–Crippen MR) is 114 cm³/mol. The summed E-state index contributed by atoms with van der Waals surface area (Å²) in [5, 5.41) is 27.3. The van der Waals surface area contributed by atoms with E-state index in [0.29, 0.717) is 28.5 Å². The molecule has 1 rings (SSSR count). The molecule has 0 aromatic heterocycles. The summed E-state index contributed by atoms with van der Waals surface area (Å²) in [6.45, 7) is 6.92. The van der Waals surface area contributed by atoms with Crippen LogP contribution in [-0.4, -0.2) is 31.9 Å². The summed E-state index contributed by atoms with van der Waals surface area (Å²) >= 11 is 3.83. The minimum atomic E-state index is -2.63. The molecule has 0 spiro atoms. The Bertz CT molecular complexity index is 510. The van der Waals surface area contributed by atoms with Crippen molar-refractivity contribution in [2.45, 2.75) is 89.2 Å². The van der Waals surface area contributed by atoms with Crippen molar-refractivity contribution in [1.29, 1.82) is 0 Å². The zero-order chi connectivity index (χ0) is 20.5. The third-order valence-corrected chi connectivity index (χ3v) is 6.69. The average Bonchev–Trinajstić information content (AvgIpc) is 2.93. The normalized spacial score (nSPS) is 24.3. The Kier molecular flexibility index (Phi) is 10.3. The van der Waals surface area contributed by atoms with Crippen LogP contribution in [0.25, 0.3) is 0 Å². The molecule has 1 aliphatic carbocycles. The molecule has 3 atom stereocenters. The van der Waals surface area contributed by atoms with Crippen LogP contribution in [0.5, 0.6) is 0 Å². The number of aliphatic carboxylic acids is 1. The SMILES string of the molecule is CCCCC(C)(C)CC=C[C@@H]1[C@@H](CC=CCCC(O)(O)C(=O)O)CC[C@H]1Br. The summed E-state index contributed by atoms with van der Waals surface area (Å²) in [7, 11) is 0. The maximum atomic E-state index is 10.7. The minimum Gasteiger partial charge on any atom is -0.477 e. The van der Waals surface area contributed by atoms with Crippen molar-refractivity contribution in [1.82, 2.24) is 0 Å². The fraction of sp³-hybridized carbons (Fsp3) is 0.773. The summed E-state index contributed by atoms with van der Waals surface area (Å²) in [6.07, 6.45) is 17.0. The number of halogens is 1. The van der Waals surface area contributed by atoms with Crippen LogP contribution >= 0.6 is 15.9 Å². The largest absolute Gasteiger partial charge is 0.477 e. The average molecular weight is 445 g/mol. The monoisotopic (exact) mass is 444 g/mol. The van der Waals surface area contributed by atoms with Crippen molar-refractivity contribution in [2.24, 2.45) is 17.3 Å². The lowest BCUT2D eigenvalue weighted by molar-refractivity contribution is -0.205. The smallest absolute Gasteiger partial charge is 0.364 e. The highest BCUT2D eigenvalue weighted by Gasteiger charge is 2.33. The van der Waals surface area contributed by atoms with Gasteiger partial charge in [-0.2, -0.15) is 0 Å². The summed E-state index contributed by atoms with van der Waals surface area (Å²) < 4.78 is 0. The number of hydrogen-bond donors (Lipinski definition) is 3. The van der Waals surface area contributed by atoms with E-state index in [1.54, 1.807) is 0 Å². The fourth-order valence-corrected chi connectivity index (χ4v) is 4.56. The van der Waals surface area contributed by atoms with Crippen LogP contribution in [0.15, 0.2) is 24.3 Å². The van der Waals surface area contributed by atoms with E-state index in [9.17, 15) is 15.0 Å². The number of aliphatic hydroxyl groups is 2. The molecule has 0 aliphatic heterocycles. The Balaban J connectivity index is 2.47. The molecule has 3 N–H and O–H groups in total. The Morgan fingerprint density at radius 1 is 1.15 bits per heavy atom. The fourth-order valence-electron chi connectivity index (χ4n) is 3.69. The maximum Gasteiger partial charge on any atom is 0.364 e. The van der Waals surface area contributed by atoms with Gasteiger partial charge in [0.15, 0.2) is 0 Å². The number of carboxylic acids is 1. The second-order valence-electron chi connectivity index (χ2n) is 8.70. The Morgan fingerprint density at radius 2 is 1.85 bits per heavy atom. The highest BCUT2D eigenvalue weighted by Crippen LogP contribution is 2.40. The second-order valence-corrected chi connectivity index (χ2v) is 9.87. The van der Waals surface area contributed by atoms with Gasteiger partial charge in [0.05, 0.1) is 0 Å². The number of carbonyl (C=O) groups is 1. The van der Waals surface area contributed by atoms with E-state index >= 15 is 0 Å².